The molecule has 1 nitrogen and oxygen atoms in total. The second kappa shape index (κ2) is 4.87. The number of benzene rings is 1. The van der Waals surface area contributed by atoms with E-state index in [2.05, 4.69) is 29.2 Å². The zero-order valence-corrected chi connectivity index (χ0v) is 11.5. The van der Waals surface area contributed by atoms with Gasteiger partial charge < -0.3 is 4.98 Å². The van der Waals surface area contributed by atoms with Crippen LogP contribution in [-0.4, -0.2) is 4.98 Å². The van der Waals surface area contributed by atoms with Gasteiger partial charge in [-0.1, -0.05) is 24.3 Å². The number of aromatic nitrogens is 1. The summed E-state index contributed by atoms with van der Waals surface area (Å²) < 4.78 is 1.26. The van der Waals surface area contributed by atoms with E-state index in [4.69, 9.17) is 0 Å². The molecule has 0 bridgehead atoms. The molecule has 1 aromatic carbocycles. The SMILES string of the molecule is [Ir+3].[c-]1c(-c2ccccn2)sc2ccccc12. The Morgan fingerprint density at radius 3 is 2.56 bits per heavy atom. The Morgan fingerprint density at radius 2 is 1.81 bits per heavy atom. The number of pyridine rings is 1. The first-order valence-corrected chi connectivity index (χ1v) is 5.57. The summed E-state index contributed by atoms with van der Waals surface area (Å²) in [6.45, 7) is 0. The van der Waals surface area contributed by atoms with Crippen molar-refractivity contribution in [1.82, 2.24) is 4.98 Å². The number of thiophene rings is 1. The molecule has 0 aliphatic heterocycles. The molecule has 3 aromatic rings. The van der Waals surface area contributed by atoms with Gasteiger partial charge in [0.1, 0.15) is 0 Å². The zero-order chi connectivity index (χ0) is 10.1. The van der Waals surface area contributed by atoms with Gasteiger partial charge in [-0.15, -0.1) is 23.6 Å². The molecule has 2 heterocycles. The number of hydrogen-bond acceptors (Lipinski definition) is 2. The summed E-state index contributed by atoms with van der Waals surface area (Å²) in [6, 6.07) is 17.6. The van der Waals surface area contributed by atoms with Crippen LogP contribution in [0.15, 0.2) is 48.7 Å². The summed E-state index contributed by atoms with van der Waals surface area (Å²) in [5, 5.41) is 1.17. The average Bonchev–Trinajstić information content (AvgIpc) is 2.74. The van der Waals surface area contributed by atoms with Gasteiger partial charge in [-0.05, 0) is 15.6 Å². The molecule has 0 N–H and O–H groups in total. The minimum atomic E-state index is 0. The Hall–Kier alpha value is -1.02. The van der Waals surface area contributed by atoms with Crippen molar-refractivity contribution < 1.29 is 20.1 Å². The number of rotatable bonds is 1. The fraction of sp³-hybridized carbons (Fsp3) is 0. The summed E-state index contributed by atoms with van der Waals surface area (Å²) >= 11 is 1.73. The number of hydrogen-bond donors (Lipinski definition) is 0. The van der Waals surface area contributed by atoms with Crippen molar-refractivity contribution in [1.29, 1.82) is 0 Å². The molecule has 0 atom stereocenters. The Morgan fingerprint density at radius 1 is 1.00 bits per heavy atom. The largest absolute Gasteiger partial charge is 3.00 e. The van der Waals surface area contributed by atoms with E-state index in [-0.39, 0.29) is 20.1 Å². The van der Waals surface area contributed by atoms with Gasteiger partial charge in [-0.25, -0.2) is 11.3 Å². The van der Waals surface area contributed by atoms with E-state index < -0.39 is 0 Å². The Kier molecular flexibility index (Phi) is 3.49. The summed E-state index contributed by atoms with van der Waals surface area (Å²) in [7, 11) is 0. The molecule has 0 aliphatic rings. The van der Waals surface area contributed by atoms with Gasteiger partial charge in [0.05, 0.1) is 0 Å². The zero-order valence-electron chi connectivity index (χ0n) is 8.31. The molecule has 0 saturated heterocycles. The maximum Gasteiger partial charge on any atom is 3.00 e. The number of fused-ring (bicyclic) bond motifs is 1. The van der Waals surface area contributed by atoms with Gasteiger partial charge in [0, 0.05) is 11.9 Å². The first-order chi connectivity index (χ1) is 7.43. The van der Waals surface area contributed by atoms with Crippen LogP contribution in [0.25, 0.3) is 20.7 Å². The van der Waals surface area contributed by atoms with E-state index in [0.29, 0.717) is 0 Å². The van der Waals surface area contributed by atoms with Crippen LogP contribution in [0.2, 0.25) is 0 Å². The minimum absolute atomic E-state index is 0. The van der Waals surface area contributed by atoms with E-state index >= 15 is 0 Å². The summed E-state index contributed by atoms with van der Waals surface area (Å²) in [5.74, 6) is 0. The van der Waals surface area contributed by atoms with Crippen LogP contribution in [0, 0.1) is 6.07 Å². The Labute approximate surface area is 112 Å². The molecule has 2 aromatic heterocycles. The topological polar surface area (TPSA) is 12.9 Å². The molecule has 0 amide bonds. The number of nitrogens with zero attached hydrogens (tertiary/aromatic N) is 1. The molecule has 3 rings (SSSR count). The second-order valence-corrected chi connectivity index (χ2v) is 4.32. The third-order valence-electron chi connectivity index (χ3n) is 2.24. The van der Waals surface area contributed by atoms with Crippen LogP contribution in [0.4, 0.5) is 0 Å². The summed E-state index contributed by atoms with van der Waals surface area (Å²) in [6.07, 6.45) is 1.81. The normalized spacial score (nSPS) is 10.0. The van der Waals surface area contributed by atoms with Gasteiger partial charge in [-0.2, -0.15) is 0 Å². The molecule has 0 unspecified atom stereocenters. The van der Waals surface area contributed by atoms with Gasteiger partial charge in [-0.3, -0.25) is 0 Å². The fourth-order valence-corrected chi connectivity index (χ4v) is 2.51. The van der Waals surface area contributed by atoms with Crippen LogP contribution in [0.1, 0.15) is 0 Å². The maximum absolute atomic E-state index is 4.32. The van der Waals surface area contributed by atoms with E-state index in [1.165, 1.54) is 10.1 Å². The van der Waals surface area contributed by atoms with E-state index in [0.717, 1.165) is 10.6 Å². The first kappa shape index (κ1) is 11.5. The van der Waals surface area contributed by atoms with Gasteiger partial charge in [0.25, 0.3) is 0 Å². The Bertz CT molecular complexity index is 556. The molecule has 16 heavy (non-hydrogen) atoms. The van der Waals surface area contributed by atoms with Gasteiger partial charge in [0.15, 0.2) is 0 Å². The first-order valence-electron chi connectivity index (χ1n) is 4.76. The molecule has 0 saturated carbocycles. The van der Waals surface area contributed by atoms with Crippen LogP contribution in [0.5, 0.6) is 0 Å². The molecule has 0 fully saturated rings. The molecule has 3 heteroatoms. The monoisotopic (exact) mass is 403 g/mol. The molecule has 0 spiro atoms. The fourth-order valence-electron chi connectivity index (χ4n) is 1.53. The predicted molar refractivity (Wildman–Crippen MR) is 63.9 cm³/mol. The smallest absolute Gasteiger partial charge is 0.303 e. The quantitative estimate of drug-likeness (QED) is 0.565. The van der Waals surface area contributed by atoms with Crippen LogP contribution in [0.3, 0.4) is 0 Å². The van der Waals surface area contributed by atoms with Crippen molar-refractivity contribution >= 4 is 21.4 Å². The second-order valence-electron chi connectivity index (χ2n) is 3.27. The van der Waals surface area contributed by atoms with Crippen LogP contribution in [-0.2, 0) is 20.1 Å². The molecular formula is C13H8IrNS+2. The molecule has 78 valence electrons. The van der Waals surface area contributed by atoms with E-state index in [1.807, 2.05) is 30.5 Å². The van der Waals surface area contributed by atoms with Gasteiger partial charge >= 0.3 is 20.1 Å². The molecular weight excluding hydrogens is 394 g/mol. The predicted octanol–water partition coefficient (Wildman–Crippen LogP) is 3.76. The van der Waals surface area contributed by atoms with Crippen molar-refractivity contribution in [2.24, 2.45) is 0 Å². The van der Waals surface area contributed by atoms with Crippen LogP contribution < -0.4 is 0 Å². The van der Waals surface area contributed by atoms with Crippen molar-refractivity contribution in [2.45, 2.75) is 0 Å². The standard InChI is InChI=1S/C13H8NS.Ir/c1-2-7-12-10(5-1)9-13(15-12)11-6-3-4-8-14-11;/h1-8H;/q-1;+3. The van der Waals surface area contributed by atoms with Crippen LogP contribution >= 0.6 is 11.3 Å². The molecule has 0 aliphatic carbocycles. The van der Waals surface area contributed by atoms with E-state index in [9.17, 15) is 0 Å². The third-order valence-corrected chi connectivity index (χ3v) is 3.34. The van der Waals surface area contributed by atoms with Crippen molar-refractivity contribution in [3.05, 3.63) is 54.7 Å². The van der Waals surface area contributed by atoms with Gasteiger partial charge in [0.2, 0.25) is 0 Å². The molecule has 0 radical (unpaired) electrons. The third kappa shape index (κ3) is 2.07. The van der Waals surface area contributed by atoms with Crippen molar-refractivity contribution in [3.8, 4) is 10.6 Å². The average molecular weight is 402 g/mol. The summed E-state index contributed by atoms with van der Waals surface area (Å²) in [4.78, 5) is 5.43. The van der Waals surface area contributed by atoms with Crippen molar-refractivity contribution in [2.75, 3.05) is 0 Å². The van der Waals surface area contributed by atoms with E-state index in [1.54, 1.807) is 11.3 Å². The van der Waals surface area contributed by atoms with Crippen molar-refractivity contribution in [3.63, 3.8) is 0 Å². The Balaban J connectivity index is 0.000000963. The summed E-state index contributed by atoms with van der Waals surface area (Å²) in [5.41, 5.74) is 0.999. The minimum Gasteiger partial charge on any atom is -0.303 e. The maximum atomic E-state index is 4.32.